The van der Waals surface area contributed by atoms with E-state index in [4.69, 9.17) is 15.4 Å². The quantitative estimate of drug-likeness (QED) is 0.665. The molecule has 1 aromatic carbocycles. The fourth-order valence-electron chi connectivity index (χ4n) is 2.06. The molecule has 0 saturated carbocycles. The number of nitrogens with zero attached hydrogens (tertiary/aromatic N) is 1. The van der Waals surface area contributed by atoms with Crippen LogP contribution in [0.25, 0.3) is 0 Å². The molecule has 0 spiro atoms. The number of carbonyl (C=O) groups is 2. The monoisotopic (exact) mass is 317 g/mol. The first-order valence-electron chi connectivity index (χ1n) is 7.28. The van der Waals surface area contributed by atoms with Crippen LogP contribution in [0.5, 0.6) is 0 Å². The van der Waals surface area contributed by atoms with E-state index >= 15 is 0 Å². The minimum atomic E-state index is -0.894. The number of hydrogen-bond donors (Lipinski definition) is 3. The van der Waals surface area contributed by atoms with Crippen molar-refractivity contribution in [1.82, 2.24) is 10.5 Å². The van der Waals surface area contributed by atoms with E-state index in [-0.39, 0.29) is 18.9 Å². The summed E-state index contributed by atoms with van der Waals surface area (Å²) in [6, 6.07) is 10.5. The highest BCUT2D eigenvalue weighted by Gasteiger charge is 2.15. The summed E-state index contributed by atoms with van der Waals surface area (Å²) in [5, 5.41) is 15.1. The van der Waals surface area contributed by atoms with Gasteiger partial charge in [-0.15, -0.1) is 0 Å². The maximum absolute atomic E-state index is 12.0. The first kappa shape index (κ1) is 16.7. The van der Waals surface area contributed by atoms with Crippen molar-refractivity contribution in [3.63, 3.8) is 0 Å². The first-order chi connectivity index (χ1) is 11.0. The minimum absolute atomic E-state index is 0.0136. The van der Waals surface area contributed by atoms with Crippen molar-refractivity contribution in [1.29, 1.82) is 0 Å². The molecule has 0 aliphatic carbocycles. The number of nitrogens with two attached hydrogens (primary N) is 1. The largest absolute Gasteiger partial charge is 0.481 e. The van der Waals surface area contributed by atoms with Crippen LogP contribution in [0.15, 0.2) is 40.9 Å². The molecule has 1 heterocycles. The SMILES string of the molecule is NC(Cc1ccccc1)C(=O)NCc1cc(CCC(=O)O)no1. The number of benzene rings is 1. The van der Waals surface area contributed by atoms with E-state index in [0.717, 1.165) is 5.56 Å². The molecule has 23 heavy (non-hydrogen) atoms. The summed E-state index contributed by atoms with van der Waals surface area (Å²) in [7, 11) is 0. The van der Waals surface area contributed by atoms with E-state index in [2.05, 4.69) is 10.5 Å². The molecule has 0 bridgehead atoms. The van der Waals surface area contributed by atoms with Gasteiger partial charge in [-0.3, -0.25) is 9.59 Å². The molecule has 2 rings (SSSR count). The van der Waals surface area contributed by atoms with Gasteiger partial charge in [-0.05, 0) is 12.0 Å². The number of aromatic nitrogens is 1. The van der Waals surface area contributed by atoms with Gasteiger partial charge in [0.25, 0.3) is 0 Å². The highest BCUT2D eigenvalue weighted by atomic mass is 16.5. The van der Waals surface area contributed by atoms with Crippen LogP contribution in [0, 0.1) is 0 Å². The maximum atomic E-state index is 12.0. The number of hydrogen-bond acceptors (Lipinski definition) is 5. The Morgan fingerprint density at radius 2 is 2.04 bits per heavy atom. The Morgan fingerprint density at radius 3 is 2.74 bits per heavy atom. The zero-order valence-electron chi connectivity index (χ0n) is 12.6. The molecule has 4 N–H and O–H groups in total. The Morgan fingerprint density at radius 1 is 1.30 bits per heavy atom. The lowest BCUT2D eigenvalue weighted by atomic mass is 10.1. The Hall–Kier alpha value is -2.67. The van der Waals surface area contributed by atoms with E-state index in [1.54, 1.807) is 6.07 Å². The number of rotatable bonds is 8. The van der Waals surface area contributed by atoms with E-state index in [1.165, 1.54) is 0 Å². The second-order valence-corrected chi connectivity index (χ2v) is 5.19. The first-order valence-corrected chi connectivity index (χ1v) is 7.28. The normalized spacial score (nSPS) is 11.9. The van der Waals surface area contributed by atoms with Crippen LogP contribution in [0.2, 0.25) is 0 Å². The summed E-state index contributed by atoms with van der Waals surface area (Å²) in [5.74, 6) is -0.710. The molecule has 2 aromatic rings. The van der Waals surface area contributed by atoms with Crippen LogP contribution < -0.4 is 11.1 Å². The maximum Gasteiger partial charge on any atom is 0.303 e. The van der Waals surface area contributed by atoms with Gasteiger partial charge in [0.1, 0.15) is 0 Å². The summed E-state index contributed by atoms with van der Waals surface area (Å²) >= 11 is 0. The van der Waals surface area contributed by atoms with Crippen molar-refractivity contribution in [3.8, 4) is 0 Å². The summed E-state index contributed by atoms with van der Waals surface area (Å²) in [6.07, 6.45) is 0.730. The molecule has 0 aliphatic rings. The van der Waals surface area contributed by atoms with Crippen molar-refractivity contribution in [2.45, 2.75) is 31.8 Å². The van der Waals surface area contributed by atoms with Gasteiger partial charge in [-0.1, -0.05) is 35.5 Å². The van der Waals surface area contributed by atoms with E-state index in [1.807, 2.05) is 30.3 Å². The fraction of sp³-hybridized carbons (Fsp3) is 0.312. The van der Waals surface area contributed by atoms with Gasteiger partial charge in [0, 0.05) is 12.5 Å². The lowest BCUT2D eigenvalue weighted by Crippen LogP contribution is -2.41. The molecule has 0 fully saturated rings. The predicted molar refractivity (Wildman–Crippen MR) is 82.4 cm³/mol. The molecule has 122 valence electrons. The molecular weight excluding hydrogens is 298 g/mol. The van der Waals surface area contributed by atoms with Crippen LogP contribution in [-0.4, -0.2) is 28.2 Å². The standard InChI is InChI=1S/C16H19N3O4/c17-14(8-11-4-2-1-3-5-11)16(22)18-10-13-9-12(19-23-13)6-7-15(20)21/h1-5,9,14H,6-8,10,17H2,(H,18,22)(H,20,21). The number of carboxylic acid groups (broad SMARTS) is 1. The minimum Gasteiger partial charge on any atom is -0.481 e. The Balaban J connectivity index is 1.78. The number of nitrogens with one attached hydrogen (secondary N) is 1. The van der Waals surface area contributed by atoms with Gasteiger partial charge in [0.05, 0.1) is 24.7 Å². The second kappa shape index (κ2) is 8.09. The molecule has 1 unspecified atom stereocenters. The van der Waals surface area contributed by atoms with Gasteiger partial charge in [0.2, 0.25) is 5.91 Å². The van der Waals surface area contributed by atoms with Crippen LogP contribution >= 0.6 is 0 Å². The summed E-state index contributed by atoms with van der Waals surface area (Å²) in [5.41, 5.74) is 7.41. The van der Waals surface area contributed by atoms with Crippen LogP contribution in [-0.2, 0) is 29.0 Å². The molecule has 1 atom stereocenters. The Kier molecular flexibility index (Phi) is 5.87. The fourth-order valence-corrected chi connectivity index (χ4v) is 2.06. The smallest absolute Gasteiger partial charge is 0.303 e. The average Bonchev–Trinajstić information content (AvgIpc) is 2.99. The molecule has 0 saturated heterocycles. The van der Waals surface area contributed by atoms with E-state index < -0.39 is 12.0 Å². The predicted octanol–water partition coefficient (Wildman–Crippen LogP) is 0.878. The highest BCUT2D eigenvalue weighted by Crippen LogP contribution is 2.06. The molecule has 0 aliphatic heterocycles. The lowest BCUT2D eigenvalue weighted by molar-refractivity contribution is -0.137. The third-order valence-electron chi connectivity index (χ3n) is 3.27. The van der Waals surface area contributed by atoms with Crippen molar-refractivity contribution in [3.05, 3.63) is 53.4 Å². The Bertz CT molecular complexity index is 654. The van der Waals surface area contributed by atoms with Crippen molar-refractivity contribution >= 4 is 11.9 Å². The molecular formula is C16H19N3O4. The Labute approximate surface area is 133 Å². The third kappa shape index (κ3) is 5.55. The highest BCUT2D eigenvalue weighted by molar-refractivity contribution is 5.81. The van der Waals surface area contributed by atoms with Gasteiger partial charge in [-0.25, -0.2) is 0 Å². The number of carbonyl (C=O) groups excluding carboxylic acids is 1. The topological polar surface area (TPSA) is 118 Å². The van der Waals surface area contributed by atoms with Gasteiger partial charge in [0.15, 0.2) is 5.76 Å². The number of carboxylic acids is 1. The summed E-state index contributed by atoms with van der Waals surface area (Å²) < 4.78 is 5.05. The third-order valence-corrected chi connectivity index (χ3v) is 3.27. The number of aliphatic carboxylic acids is 1. The molecule has 1 amide bonds. The second-order valence-electron chi connectivity index (χ2n) is 5.19. The van der Waals surface area contributed by atoms with Crippen LogP contribution in [0.4, 0.5) is 0 Å². The summed E-state index contributed by atoms with van der Waals surface area (Å²) in [6.45, 7) is 0.168. The van der Waals surface area contributed by atoms with Crippen molar-refractivity contribution in [2.75, 3.05) is 0 Å². The van der Waals surface area contributed by atoms with E-state index in [9.17, 15) is 9.59 Å². The number of amides is 1. The zero-order valence-corrected chi connectivity index (χ0v) is 12.6. The molecule has 0 radical (unpaired) electrons. The lowest BCUT2D eigenvalue weighted by Gasteiger charge is -2.11. The molecule has 7 heteroatoms. The van der Waals surface area contributed by atoms with Crippen LogP contribution in [0.1, 0.15) is 23.4 Å². The van der Waals surface area contributed by atoms with Gasteiger partial charge < -0.3 is 20.7 Å². The van der Waals surface area contributed by atoms with Gasteiger partial charge in [-0.2, -0.15) is 0 Å². The number of aryl methyl sites for hydroxylation is 1. The zero-order chi connectivity index (χ0) is 16.7. The average molecular weight is 317 g/mol. The van der Waals surface area contributed by atoms with E-state index in [0.29, 0.717) is 24.3 Å². The van der Waals surface area contributed by atoms with Crippen molar-refractivity contribution in [2.24, 2.45) is 5.73 Å². The van der Waals surface area contributed by atoms with Gasteiger partial charge >= 0.3 is 5.97 Å². The summed E-state index contributed by atoms with van der Waals surface area (Å²) in [4.78, 5) is 22.5. The van der Waals surface area contributed by atoms with Crippen molar-refractivity contribution < 1.29 is 19.2 Å². The molecule has 7 nitrogen and oxygen atoms in total. The van der Waals surface area contributed by atoms with Crippen LogP contribution in [0.3, 0.4) is 0 Å². The molecule has 1 aromatic heterocycles.